The van der Waals surface area contributed by atoms with Crippen molar-refractivity contribution >= 4 is 23.3 Å². The lowest BCUT2D eigenvalue weighted by Gasteiger charge is -2.20. The Kier molecular flexibility index (Phi) is 56.5. The van der Waals surface area contributed by atoms with Gasteiger partial charge in [0, 0.05) is 16.9 Å². The summed E-state index contributed by atoms with van der Waals surface area (Å²) >= 11 is 0. The Balaban J connectivity index is 1.75. The quantitative estimate of drug-likeness (QED) is 0.0431. The average molecular weight is 1380 g/mol. The van der Waals surface area contributed by atoms with Crippen LogP contribution in [0.5, 0.6) is 0 Å². The first kappa shape index (κ1) is 88.7. The van der Waals surface area contributed by atoms with Crippen molar-refractivity contribution in [3.8, 4) is 11.4 Å². The first-order chi connectivity index (χ1) is 49.5. The monoisotopic (exact) mass is 1380 g/mol. The molecule has 4 aromatic rings. The van der Waals surface area contributed by atoms with Gasteiger partial charge in [0.2, 0.25) is 11.9 Å². The molecule has 569 valence electrons. The standard InChI is InChI=1S/C95H164N5/c1-8-15-21-27-33-39-45-51-57-63-69-85-79-89(80-86(70-64-58-52-46-40-34-28-22-16-9-2)91(85)73-67-61-55-49-43-37-31-25-19-12-5)96-94-98-93(84-77-75-83(14-7)76-78-84)99-95(100-94)97-90-81-87(71-65-59-53-47-41-35-29-23-17-10-3)92(74-68-62-56-50-44-38-32-26-20-13-6)88(82-90)72-66-60-54-48-42-36-30-24-18-11-4/h75-82H,7-74H2,1-6H3,(H2,96,97,98,99,100). The number of benzene rings is 3. The molecule has 1 heterocycles. The summed E-state index contributed by atoms with van der Waals surface area (Å²) in [6, 6.07) is 18.9. The van der Waals surface area contributed by atoms with Gasteiger partial charge in [-0.25, -0.2) is 0 Å². The normalized spacial score (nSPS) is 11.6. The maximum absolute atomic E-state index is 5.41. The van der Waals surface area contributed by atoms with Crippen LogP contribution in [0.25, 0.3) is 11.4 Å². The van der Waals surface area contributed by atoms with Crippen molar-refractivity contribution in [3.63, 3.8) is 0 Å². The van der Waals surface area contributed by atoms with Crippen LogP contribution in [0.4, 0.5) is 23.3 Å². The zero-order valence-corrected chi connectivity index (χ0v) is 67.5. The van der Waals surface area contributed by atoms with Gasteiger partial charge in [-0.1, -0.05) is 413 Å². The second-order valence-electron chi connectivity index (χ2n) is 31.6. The van der Waals surface area contributed by atoms with Gasteiger partial charge in [0.1, 0.15) is 0 Å². The Labute approximate surface area is 622 Å². The van der Waals surface area contributed by atoms with Crippen molar-refractivity contribution in [2.75, 3.05) is 10.6 Å². The summed E-state index contributed by atoms with van der Waals surface area (Å²) in [5.41, 5.74) is 14.1. The molecule has 0 unspecified atom stereocenters. The van der Waals surface area contributed by atoms with Gasteiger partial charge in [-0.05, 0) is 154 Å². The maximum Gasteiger partial charge on any atom is 0.232 e. The number of nitrogens with one attached hydrogen (secondary N) is 2. The minimum absolute atomic E-state index is 0.625. The first-order valence-electron chi connectivity index (χ1n) is 44.9. The number of aromatic nitrogens is 3. The van der Waals surface area contributed by atoms with E-state index in [2.05, 4.69) is 108 Å². The molecule has 5 heteroatoms. The molecule has 0 aliphatic heterocycles. The molecule has 0 fully saturated rings. The Hall–Kier alpha value is -3.73. The van der Waals surface area contributed by atoms with Gasteiger partial charge in [-0.3, -0.25) is 0 Å². The molecule has 1 aromatic heterocycles. The van der Waals surface area contributed by atoms with Crippen molar-refractivity contribution in [2.24, 2.45) is 0 Å². The van der Waals surface area contributed by atoms with Gasteiger partial charge in [-0.2, -0.15) is 15.0 Å². The van der Waals surface area contributed by atoms with Crippen molar-refractivity contribution in [1.29, 1.82) is 0 Å². The van der Waals surface area contributed by atoms with Crippen molar-refractivity contribution in [3.05, 3.63) is 94.4 Å². The third-order valence-corrected chi connectivity index (χ3v) is 22.3. The summed E-state index contributed by atoms with van der Waals surface area (Å²) in [6.07, 6.45) is 89.9. The van der Waals surface area contributed by atoms with Gasteiger partial charge in [0.05, 0.1) is 0 Å². The summed E-state index contributed by atoms with van der Waals surface area (Å²) in [6.45, 7) is 18.2. The number of unbranched alkanes of at least 4 members (excludes halogenated alkanes) is 54. The predicted octanol–water partition coefficient (Wildman–Crippen LogP) is 32.2. The van der Waals surface area contributed by atoms with Gasteiger partial charge in [0.15, 0.2) is 5.82 Å². The second-order valence-corrected chi connectivity index (χ2v) is 31.6. The van der Waals surface area contributed by atoms with Crippen molar-refractivity contribution < 1.29 is 0 Å². The molecule has 1 radical (unpaired) electrons. The predicted molar refractivity (Wildman–Crippen MR) is 447 cm³/mol. The van der Waals surface area contributed by atoms with Crippen molar-refractivity contribution in [1.82, 2.24) is 15.0 Å². The van der Waals surface area contributed by atoms with Crippen LogP contribution in [0.3, 0.4) is 0 Å². The molecule has 0 amide bonds. The second kappa shape index (κ2) is 63.7. The fourth-order valence-corrected chi connectivity index (χ4v) is 15.8. The number of nitrogens with zero attached hydrogens (tertiary/aromatic N) is 3. The lowest BCUT2D eigenvalue weighted by Crippen LogP contribution is -2.09. The zero-order valence-electron chi connectivity index (χ0n) is 67.5. The molecular weight excluding hydrogens is 1210 g/mol. The lowest BCUT2D eigenvalue weighted by atomic mass is 9.89. The highest BCUT2D eigenvalue weighted by Gasteiger charge is 2.18. The number of anilines is 4. The lowest BCUT2D eigenvalue weighted by molar-refractivity contribution is 0.551. The molecule has 0 bridgehead atoms. The minimum atomic E-state index is 0.625. The van der Waals surface area contributed by atoms with E-state index in [-0.39, 0.29) is 0 Å². The molecule has 0 aliphatic carbocycles. The maximum atomic E-state index is 5.41. The Morgan fingerprint density at radius 1 is 0.240 bits per heavy atom. The topological polar surface area (TPSA) is 62.7 Å². The van der Waals surface area contributed by atoms with Crippen LogP contribution in [-0.4, -0.2) is 15.0 Å². The highest BCUT2D eigenvalue weighted by molar-refractivity contribution is 5.66. The fourth-order valence-electron chi connectivity index (χ4n) is 15.8. The van der Waals surface area contributed by atoms with Gasteiger partial charge >= 0.3 is 0 Å². The molecule has 2 N–H and O–H groups in total. The molecule has 0 aliphatic rings. The van der Waals surface area contributed by atoms with Crippen LogP contribution in [0, 0.1) is 6.92 Å². The number of hydrogen-bond acceptors (Lipinski definition) is 5. The van der Waals surface area contributed by atoms with Crippen LogP contribution >= 0.6 is 0 Å². The van der Waals surface area contributed by atoms with Gasteiger partial charge in [-0.15, -0.1) is 0 Å². The van der Waals surface area contributed by atoms with E-state index >= 15 is 0 Å². The van der Waals surface area contributed by atoms with E-state index in [0.29, 0.717) is 17.7 Å². The smallest absolute Gasteiger partial charge is 0.232 e. The Morgan fingerprint density at radius 3 is 0.650 bits per heavy atom. The molecule has 3 aromatic carbocycles. The van der Waals surface area contributed by atoms with Crippen LogP contribution < -0.4 is 10.6 Å². The van der Waals surface area contributed by atoms with E-state index in [0.717, 1.165) is 49.0 Å². The summed E-state index contributed by atoms with van der Waals surface area (Å²) in [7, 11) is 0. The van der Waals surface area contributed by atoms with Crippen LogP contribution in [0.2, 0.25) is 0 Å². The van der Waals surface area contributed by atoms with E-state index in [9.17, 15) is 0 Å². The molecule has 5 nitrogen and oxygen atoms in total. The van der Waals surface area contributed by atoms with Crippen LogP contribution in [0.1, 0.15) is 466 Å². The van der Waals surface area contributed by atoms with E-state index in [1.807, 2.05) is 0 Å². The Bertz CT molecular complexity index is 2240. The Morgan fingerprint density at radius 2 is 0.440 bits per heavy atom. The van der Waals surface area contributed by atoms with Crippen LogP contribution in [-0.2, 0) is 44.9 Å². The first-order valence-corrected chi connectivity index (χ1v) is 44.9. The summed E-state index contributed by atoms with van der Waals surface area (Å²) in [5, 5.41) is 7.91. The van der Waals surface area contributed by atoms with E-state index in [1.54, 1.807) is 33.4 Å². The van der Waals surface area contributed by atoms with Crippen molar-refractivity contribution in [2.45, 2.75) is 472 Å². The SMILES string of the molecule is [CH2]Cc1ccc(-c2nc(Nc3cc(CCCCCCCCCCCC)c(CCCCCCCCCCCC)c(CCCCCCCCCCCC)c3)nc(Nc3cc(CCCCCCCCCCCC)c(CCCCCCCCCCCC)c(CCCCCCCCCCCC)c3)n2)cc1. The van der Waals surface area contributed by atoms with E-state index in [4.69, 9.17) is 15.0 Å². The van der Waals surface area contributed by atoms with Gasteiger partial charge in [0.25, 0.3) is 0 Å². The molecule has 4 rings (SSSR count). The summed E-state index contributed by atoms with van der Waals surface area (Å²) in [5.74, 6) is 1.96. The molecule has 100 heavy (non-hydrogen) atoms. The van der Waals surface area contributed by atoms with E-state index < -0.39 is 0 Å². The third-order valence-electron chi connectivity index (χ3n) is 22.3. The summed E-state index contributed by atoms with van der Waals surface area (Å²) in [4.78, 5) is 16.1. The molecule has 0 atom stereocenters. The number of aryl methyl sites for hydroxylation is 4. The third kappa shape index (κ3) is 44.2. The molecule has 0 spiro atoms. The summed E-state index contributed by atoms with van der Waals surface area (Å²) < 4.78 is 0. The van der Waals surface area contributed by atoms with E-state index in [1.165, 1.54) is 404 Å². The highest BCUT2D eigenvalue weighted by Crippen LogP contribution is 2.33. The number of hydrogen-bond donors (Lipinski definition) is 2. The largest absolute Gasteiger partial charge is 0.324 e. The molecule has 0 saturated carbocycles. The van der Waals surface area contributed by atoms with Gasteiger partial charge < -0.3 is 10.6 Å². The van der Waals surface area contributed by atoms with Crippen LogP contribution in [0.15, 0.2) is 48.5 Å². The highest BCUT2D eigenvalue weighted by atomic mass is 15.2. The minimum Gasteiger partial charge on any atom is -0.324 e. The fraction of sp³-hybridized carbons (Fsp3) is 0.768. The molecular formula is C95H164N5. The zero-order chi connectivity index (χ0) is 71.1. The molecule has 0 saturated heterocycles. The number of rotatable bonds is 72. The average Bonchev–Trinajstić information content (AvgIpc) is 0.812.